The number of carbonyl (C=O) groups is 1. The monoisotopic (exact) mass is 204 g/mol. The number of halogens is 1. The lowest BCUT2D eigenvalue weighted by atomic mass is 9.71. The topological polar surface area (TPSA) is 37.3 Å². The Kier molecular flexibility index (Phi) is 3.60. The molecule has 0 aliphatic heterocycles. The van der Waals surface area contributed by atoms with Crippen molar-refractivity contribution in [3.63, 3.8) is 0 Å². The van der Waals surface area contributed by atoms with Crippen molar-refractivity contribution in [2.75, 3.05) is 5.88 Å². The van der Waals surface area contributed by atoms with Crippen molar-refractivity contribution in [3.8, 4) is 0 Å². The fraction of sp³-hybridized carbons (Fsp3) is 0.900. The highest BCUT2D eigenvalue weighted by molar-refractivity contribution is 6.19. The lowest BCUT2D eigenvalue weighted by molar-refractivity contribution is -0.150. The van der Waals surface area contributed by atoms with Gasteiger partial charge in [0.2, 0.25) is 0 Å². The molecule has 1 unspecified atom stereocenters. The second-order valence-corrected chi connectivity index (χ2v) is 4.46. The van der Waals surface area contributed by atoms with E-state index in [1.807, 2.05) is 0 Å². The van der Waals surface area contributed by atoms with E-state index in [-0.39, 0.29) is 11.8 Å². The zero-order chi connectivity index (χ0) is 9.90. The van der Waals surface area contributed by atoms with Gasteiger partial charge in [0.05, 0.1) is 5.41 Å². The summed E-state index contributed by atoms with van der Waals surface area (Å²) in [5.41, 5.74) is -0.706. The van der Waals surface area contributed by atoms with Gasteiger partial charge < -0.3 is 5.11 Å². The second-order valence-electron chi connectivity index (χ2n) is 4.19. The molecule has 13 heavy (non-hydrogen) atoms. The summed E-state index contributed by atoms with van der Waals surface area (Å²) in [6.07, 6.45) is 5.61. The Balaban J connectivity index is 2.68. The van der Waals surface area contributed by atoms with Crippen molar-refractivity contribution < 1.29 is 9.90 Å². The Morgan fingerprint density at radius 1 is 1.46 bits per heavy atom. The second kappa shape index (κ2) is 4.32. The van der Waals surface area contributed by atoms with Crippen LogP contribution >= 0.6 is 11.6 Å². The highest BCUT2D eigenvalue weighted by Crippen LogP contribution is 2.39. The number of carboxylic acids is 1. The molecule has 76 valence electrons. The third-order valence-electron chi connectivity index (χ3n) is 3.27. The van der Waals surface area contributed by atoms with E-state index in [0.717, 1.165) is 25.7 Å². The van der Waals surface area contributed by atoms with Gasteiger partial charge in [-0.15, -0.1) is 11.6 Å². The zero-order valence-electron chi connectivity index (χ0n) is 8.05. The van der Waals surface area contributed by atoms with Crippen LogP contribution in [-0.2, 0) is 4.79 Å². The predicted molar refractivity (Wildman–Crippen MR) is 53.0 cm³/mol. The van der Waals surface area contributed by atoms with Gasteiger partial charge in [0.15, 0.2) is 0 Å². The number of hydrogen-bond donors (Lipinski definition) is 1. The minimum atomic E-state index is -0.741. The van der Waals surface area contributed by atoms with Crippen molar-refractivity contribution in [2.24, 2.45) is 11.3 Å². The Labute approximate surface area is 84.3 Å². The highest BCUT2D eigenvalue weighted by atomic mass is 35.5. The largest absolute Gasteiger partial charge is 0.481 e. The van der Waals surface area contributed by atoms with Crippen LogP contribution < -0.4 is 0 Å². The SMILES string of the molecule is CC(CCl)(C(=O)O)C1CCCCC1. The van der Waals surface area contributed by atoms with Crippen LogP contribution in [0.25, 0.3) is 0 Å². The molecule has 0 spiro atoms. The first-order valence-corrected chi connectivity index (χ1v) is 5.44. The molecule has 1 fully saturated rings. The van der Waals surface area contributed by atoms with E-state index >= 15 is 0 Å². The summed E-state index contributed by atoms with van der Waals surface area (Å²) in [5.74, 6) is -0.238. The molecule has 0 heterocycles. The number of carboxylic acid groups (broad SMARTS) is 1. The standard InChI is InChI=1S/C10H17ClO2/c1-10(7-11,9(12)13)8-5-3-2-4-6-8/h8H,2-7H2,1H3,(H,12,13). The number of alkyl halides is 1. The molecule has 2 nitrogen and oxygen atoms in total. The van der Waals surface area contributed by atoms with Gasteiger partial charge in [-0.25, -0.2) is 0 Å². The summed E-state index contributed by atoms with van der Waals surface area (Å²) in [6, 6.07) is 0. The Morgan fingerprint density at radius 3 is 2.38 bits per heavy atom. The van der Waals surface area contributed by atoms with Gasteiger partial charge in [0.25, 0.3) is 0 Å². The molecule has 1 aliphatic rings. The van der Waals surface area contributed by atoms with E-state index in [1.165, 1.54) is 6.42 Å². The molecule has 0 aromatic carbocycles. The summed E-state index contributed by atoms with van der Waals surface area (Å²) in [5, 5.41) is 9.10. The number of rotatable bonds is 3. The molecule has 1 rings (SSSR count). The minimum absolute atomic E-state index is 0.229. The third kappa shape index (κ3) is 2.16. The van der Waals surface area contributed by atoms with Crippen molar-refractivity contribution in [1.82, 2.24) is 0 Å². The van der Waals surface area contributed by atoms with E-state index in [1.54, 1.807) is 6.92 Å². The summed E-state index contributed by atoms with van der Waals surface area (Å²) >= 11 is 5.76. The molecule has 0 amide bonds. The molecular weight excluding hydrogens is 188 g/mol. The van der Waals surface area contributed by atoms with Crippen molar-refractivity contribution in [1.29, 1.82) is 0 Å². The predicted octanol–water partition coefficient (Wildman–Crippen LogP) is 2.90. The van der Waals surface area contributed by atoms with Gasteiger partial charge in [-0.05, 0) is 25.7 Å². The lowest BCUT2D eigenvalue weighted by Crippen LogP contribution is -2.38. The summed E-state index contributed by atoms with van der Waals surface area (Å²) in [6.45, 7) is 1.78. The summed E-state index contributed by atoms with van der Waals surface area (Å²) in [4.78, 5) is 11.1. The number of aliphatic carboxylic acids is 1. The van der Waals surface area contributed by atoms with Gasteiger partial charge in [-0.2, -0.15) is 0 Å². The van der Waals surface area contributed by atoms with E-state index in [0.29, 0.717) is 0 Å². The fourth-order valence-corrected chi connectivity index (χ4v) is 2.41. The number of hydrogen-bond acceptors (Lipinski definition) is 1. The highest BCUT2D eigenvalue weighted by Gasteiger charge is 2.40. The van der Waals surface area contributed by atoms with E-state index in [2.05, 4.69) is 0 Å². The first-order chi connectivity index (χ1) is 6.11. The van der Waals surface area contributed by atoms with Crippen LogP contribution in [0.15, 0.2) is 0 Å². The maximum absolute atomic E-state index is 11.1. The van der Waals surface area contributed by atoms with Crippen LogP contribution in [0.2, 0.25) is 0 Å². The first-order valence-electron chi connectivity index (χ1n) is 4.90. The van der Waals surface area contributed by atoms with Crippen molar-refractivity contribution in [2.45, 2.75) is 39.0 Å². The maximum Gasteiger partial charge on any atom is 0.310 e. The van der Waals surface area contributed by atoms with Crippen LogP contribution in [0, 0.1) is 11.3 Å². The smallest absolute Gasteiger partial charge is 0.310 e. The Morgan fingerprint density at radius 2 is 2.00 bits per heavy atom. The van der Waals surface area contributed by atoms with Gasteiger partial charge in [0.1, 0.15) is 0 Å². The normalized spacial score (nSPS) is 23.8. The van der Waals surface area contributed by atoms with Gasteiger partial charge >= 0.3 is 5.97 Å². The molecule has 1 aliphatic carbocycles. The van der Waals surface area contributed by atoms with Gasteiger partial charge in [0, 0.05) is 5.88 Å². The van der Waals surface area contributed by atoms with E-state index < -0.39 is 11.4 Å². The maximum atomic E-state index is 11.1. The van der Waals surface area contributed by atoms with Crippen LogP contribution in [0.5, 0.6) is 0 Å². The third-order valence-corrected chi connectivity index (χ3v) is 3.83. The lowest BCUT2D eigenvalue weighted by Gasteiger charge is -2.34. The molecule has 0 aromatic heterocycles. The average molecular weight is 205 g/mol. The zero-order valence-corrected chi connectivity index (χ0v) is 8.81. The van der Waals surface area contributed by atoms with E-state index in [9.17, 15) is 4.79 Å². The average Bonchev–Trinajstić information content (AvgIpc) is 2.17. The van der Waals surface area contributed by atoms with Crippen LogP contribution in [-0.4, -0.2) is 17.0 Å². The first kappa shape index (κ1) is 10.8. The van der Waals surface area contributed by atoms with Crippen molar-refractivity contribution >= 4 is 17.6 Å². The fourth-order valence-electron chi connectivity index (χ4n) is 2.08. The Hall–Kier alpha value is -0.240. The molecule has 3 heteroatoms. The van der Waals surface area contributed by atoms with Gasteiger partial charge in [-0.1, -0.05) is 19.3 Å². The summed E-state index contributed by atoms with van der Waals surface area (Å²) < 4.78 is 0. The molecule has 0 bridgehead atoms. The minimum Gasteiger partial charge on any atom is -0.481 e. The van der Waals surface area contributed by atoms with Crippen molar-refractivity contribution in [3.05, 3.63) is 0 Å². The molecule has 0 aromatic rings. The summed E-state index contributed by atoms with van der Waals surface area (Å²) in [7, 11) is 0. The molecular formula is C10H17ClO2. The molecule has 0 saturated heterocycles. The Bertz CT molecular complexity index is 187. The van der Waals surface area contributed by atoms with E-state index in [4.69, 9.17) is 16.7 Å². The molecule has 1 atom stereocenters. The molecule has 1 N–H and O–H groups in total. The van der Waals surface area contributed by atoms with Crippen LogP contribution in [0.1, 0.15) is 39.0 Å². The van der Waals surface area contributed by atoms with Crippen LogP contribution in [0.4, 0.5) is 0 Å². The van der Waals surface area contributed by atoms with Gasteiger partial charge in [-0.3, -0.25) is 4.79 Å². The molecule has 1 saturated carbocycles. The molecule has 0 radical (unpaired) electrons. The quantitative estimate of drug-likeness (QED) is 0.718. The van der Waals surface area contributed by atoms with Crippen LogP contribution in [0.3, 0.4) is 0 Å².